The fraction of sp³-hybridized carbons (Fsp3) is 0.500. The average molecular weight is 376 g/mol. The molecule has 4 rings (SSSR count). The minimum absolute atomic E-state index is 0.0178. The zero-order valence-corrected chi connectivity index (χ0v) is 17.3. The number of hydrogen-bond acceptors (Lipinski definition) is 2. The highest BCUT2D eigenvalue weighted by Gasteiger charge is 2.55. The van der Waals surface area contributed by atoms with Crippen molar-refractivity contribution < 1.29 is 4.79 Å². The van der Waals surface area contributed by atoms with Crippen molar-refractivity contribution in [1.82, 2.24) is 5.32 Å². The van der Waals surface area contributed by atoms with Crippen LogP contribution in [0.2, 0.25) is 0 Å². The number of carbonyl (C=O) groups excluding carboxylic acids is 1. The van der Waals surface area contributed by atoms with Gasteiger partial charge in [-0.05, 0) is 79.6 Å². The van der Waals surface area contributed by atoms with E-state index in [1.807, 2.05) is 14.0 Å². The van der Waals surface area contributed by atoms with Crippen molar-refractivity contribution in [3.05, 3.63) is 71.0 Å². The van der Waals surface area contributed by atoms with Gasteiger partial charge in [-0.1, -0.05) is 49.4 Å². The van der Waals surface area contributed by atoms with Crippen LogP contribution in [-0.4, -0.2) is 13.3 Å². The lowest BCUT2D eigenvalue weighted by Gasteiger charge is -2.41. The molecule has 2 fully saturated rings. The molecule has 148 valence electrons. The third kappa shape index (κ3) is 3.17. The van der Waals surface area contributed by atoms with Gasteiger partial charge in [0.15, 0.2) is 0 Å². The van der Waals surface area contributed by atoms with E-state index in [0.717, 1.165) is 31.0 Å². The van der Waals surface area contributed by atoms with E-state index in [1.165, 1.54) is 54.5 Å². The molecule has 0 spiro atoms. The Labute approximate surface area is 169 Å². The van der Waals surface area contributed by atoms with Crippen LogP contribution in [0.25, 0.3) is 0 Å². The average Bonchev–Trinajstić information content (AvgIpc) is 3.53. The molecule has 2 saturated carbocycles. The molecular formula is C26H33NO. The van der Waals surface area contributed by atoms with Crippen LogP contribution >= 0.6 is 0 Å². The second kappa shape index (κ2) is 7.73. The lowest BCUT2D eigenvalue weighted by molar-refractivity contribution is -0.108. The first kappa shape index (κ1) is 19.2. The van der Waals surface area contributed by atoms with Crippen molar-refractivity contribution in [3.63, 3.8) is 0 Å². The topological polar surface area (TPSA) is 29.1 Å². The third-order valence-electron chi connectivity index (χ3n) is 7.57. The predicted octanol–water partition coefficient (Wildman–Crippen LogP) is 5.72. The Morgan fingerprint density at radius 1 is 1.29 bits per heavy atom. The summed E-state index contributed by atoms with van der Waals surface area (Å²) in [4.78, 5) is 11.4. The van der Waals surface area contributed by atoms with E-state index in [2.05, 4.69) is 48.3 Å². The molecule has 3 unspecified atom stereocenters. The van der Waals surface area contributed by atoms with Gasteiger partial charge in [0.1, 0.15) is 6.29 Å². The molecule has 0 radical (unpaired) electrons. The second-order valence-corrected chi connectivity index (χ2v) is 8.95. The largest absolute Gasteiger partial charge is 0.388 e. The quantitative estimate of drug-likeness (QED) is 0.589. The molecule has 28 heavy (non-hydrogen) atoms. The molecule has 1 aromatic carbocycles. The van der Waals surface area contributed by atoms with E-state index in [1.54, 1.807) is 5.57 Å². The van der Waals surface area contributed by atoms with Crippen LogP contribution < -0.4 is 5.32 Å². The van der Waals surface area contributed by atoms with Gasteiger partial charge in [-0.2, -0.15) is 0 Å². The first-order valence-corrected chi connectivity index (χ1v) is 10.9. The Balaban J connectivity index is 1.59. The Bertz CT molecular complexity index is 829. The number of benzene rings is 1. The SMILES string of the molecule is C=CC1=C(NC)C=C2CCC(CCc3ccccc3C(C)C=O)C2(C2CC2)C1. The van der Waals surface area contributed by atoms with Crippen molar-refractivity contribution in [2.45, 2.75) is 57.8 Å². The fourth-order valence-electron chi connectivity index (χ4n) is 5.99. The number of allylic oxidation sites excluding steroid dienone is 4. The monoisotopic (exact) mass is 375 g/mol. The summed E-state index contributed by atoms with van der Waals surface area (Å²) in [6.45, 7) is 6.12. The number of aryl methyl sites for hydroxylation is 1. The molecule has 0 saturated heterocycles. The molecule has 3 aliphatic carbocycles. The highest BCUT2D eigenvalue weighted by atomic mass is 16.1. The number of carbonyl (C=O) groups is 1. The highest BCUT2D eigenvalue weighted by Crippen LogP contribution is 2.65. The Morgan fingerprint density at radius 2 is 2.07 bits per heavy atom. The standard InChI is InChI=1S/C26H33NO/c1-4-19-16-26(22-11-12-22)21(13-14-23(26)15-25(19)27-3)10-9-20-7-5-6-8-24(20)18(2)17-28/h4-8,15,17-18,21-22,27H,1,9-14,16H2,2-3H3. The van der Waals surface area contributed by atoms with Gasteiger partial charge in [-0.15, -0.1) is 0 Å². The molecule has 3 atom stereocenters. The summed E-state index contributed by atoms with van der Waals surface area (Å²) >= 11 is 0. The molecule has 0 heterocycles. The maximum absolute atomic E-state index is 11.4. The fourth-order valence-corrected chi connectivity index (χ4v) is 5.99. The van der Waals surface area contributed by atoms with Crippen molar-refractivity contribution in [3.8, 4) is 0 Å². The van der Waals surface area contributed by atoms with E-state index < -0.39 is 0 Å². The van der Waals surface area contributed by atoms with Gasteiger partial charge in [0, 0.05) is 24.1 Å². The highest BCUT2D eigenvalue weighted by molar-refractivity contribution is 5.62. The molecule has 1 N–H and O–H groups in total. The van der Waals surface area contributed by atoms with Crippen LogP contribution in [0.15, 0.2) is 59.8 Å². The molecule has 0 aromatic heterocycles. The Kier molecular flexibility index (Phi) is 5.31. The van der Waals surface area contributed by atoms with Crippen LogP contribution in [-0.2, 0) is 11.2 Å². The van der Waals surface area contributed by atoms with Gasteiger partial charge in [-0.3, -0.25) is 0 Å². The van der Waals surface area contributed by atoms with Crippen molar-refractivity contribution in [2.24, 2.45) is 17.3 Å². The normalized spacial score (nSPS) is 27.8. The van der Waals surface area contributed by atoms with Gasteiger partial charge < -0.3 is 10.1 Å². The lowest BCUT2D eigenvalue weighted by Crippen LogP contribution is -2.34. The molecule has 0 amide bonds. The van der Waals surface area contributed by atoms with Crippen molar-refractivity contribution in [2.75, 3.05) is 7.05 Å². The number of fused-ring (bicyclic) bond motifs is 1. The van der Waals surface area contributed by atoms with E-state index in [4.69, 9.17) is 0 Å². The van der Waals surface area contributed by atoms with Crippen LogP contribution in [0.1, 0.15) is 62.5 Å². The van der Waals surface area contributed by atoms with E-state index in [0.29, 0.717) is 5.41 Å². The smallest absolute Gasteiger partial charge is 0.127 e. The van der Waals surface area contributed by atoms with Gasteiger partial charge in [0.2, 0.25) is 0 Å². The molecule has 0 bridgehead atoms. The minimum Gasteiger partial charge on any atom is -0.388 e. The predicted molar refractivity (Wildman–Crippen MR) is 116 cm³/mol. The van der Waals surface area contributed by atoms with E-state index in [-0.39, 0.29) is 5.92 Å². The summed E-state index contributed by atoms with van der Waals surface area (Å²) in [5, 5.41) is 3.39. The maximum Gasteiger partial charge on any atom is 0.127 e. The second-order valence-electron chi connectivity index (χ2n) is 8.95. The number of nitrogens with one attached hydrogen (secondary N) is 1. The van der Waals surface area contributed by atoms with Crippen LogP contribution in [0.3, 0.4) is 0 Å². The van der Waals surface area contributed by atoms with Crippen LogP contribution in [0.5, 0.6) is 0 Å². The Morgan fingerprint density at radius 3 is 2.75 bits per heavy atom. The number of likely N-dealkylation sites (N-methyl/N-ethyl adjacent to an activating group) is 1. The number of rotatable bonds is 8. The van der Waals surface area contributed by atoms with Crippen molar-refractivity contribution >= 4 is 6.29 Å². The van der Waals surface area contributed by atoms with Gasteiger partial charge >= 0.3 is 0 Å². The zero-order chi connectivity index (χ0) is 19.7. The summed E-state index contributed by atoms with van der Waals surface area (Å²) in [5.74, 6) is 1.57. The van der Waals surface area contributed by atoms with Gasteiger partial charge in [0.05, 0.1) is 0 Å². The first-order valence-electron chi connectivity index (χ1n) is 10.9. The summed E-state index contributed by atoms with van der Waals surface area (Å²) in [6.07, 6.45) is 14.3. The molecule has 0 aliphatic heterocycles. The molecule has 3 aliphatic rings. The molecular weight excluding hydrogens is 342 g/mol. The molecule has 2 nitrogen and oxygen atoms in total. The first-order chi connectivity index (χ1) is 13.6. The summed E-state index contributed by atoms with van der Waals surface area (Å²) in [7, 11) is 2.03. The summed E-state index contributed by atoms with van der Waals surface area (Å²) < 4.78 is 0. The molecule has 1 aromatic rings. The van der Waals surface area contributed by atoms with E-state index in [9.17, 15) is 4.79 Å². The van der Waals surface area contributed by atoms with Gasteiger partial charge in [0.25, 0.3) is 0 Å². The summed E-state index contributed by atoms with van der Waals surface area (Å²) in [6, 6.07) is 8.52. The Hall–Kier alpha value is -2.09. The molecule has 2 heteroatoms. The van der Waals surface area contributed by atoms with Crippen LogP contribution in [0.4, 0.5) is 0 Å². The van der Waals surface area contributed by atoms with Crippen molar-refractivity contribution in [1.29, 1.82) is 0 Å². The number of hydrogen-bond donors (Lipinski definition) is 1. The number of aldehydes is 1. The van der Waals surface area contributed by atoms with Gasteiger partial charge in [-0.25, -0.2) is 0 Å². The van der Waals surface area contributed by atoms with E-state index >= 15 is 0 Å². The van der Waals surface area contributed by atoms with Crippen LogP contribution in [0, 0.1) is 17.3 Å². The minimum atomic E-state index is -0.0178. The maximum atomic E-state index is 11.4. The zero-order valence-electron chi connectivity index (χ0n) is 17.3. The third-order valence-corrected chi connectivity index (χ3v) is 7.57. The lowest BCUT2D eigenvalue weighted by atomic mass is 9.63. The summed E-state index contributed by atoms with van der Waals surface area (Å²) in [5.41, 5.74) is 7.27.